The maximum absolute atomic E-state index is 13.8. The molecule has 0 bridgehead atoms. The zero-order chi connectivity index (χ0) is 27.3. The van der Waals surface area contributed by atoms with Gasteiger partial charge in [-0.2, -0.15) is 0 Å². The van der Waals surface area contributed by atoms with Crippen molar-refractivity contribution < 1.29 is 23.9 Å². The molecule has 0 spiro atoms. The van der Waals surface area contributed by atoms with Gasteiger partial charge in [0.05, 0.1) is 19.3 Å². The molecule has 0 radical (unpaired) electrons. The second-order valence-corrected chi connectivity index (χ2v) is 10.9. The number of unbranched alkanes of at least 4 members (excludes halogenated alkanes) is 5. The average molecular weight is 529 g/mol. The minimum Gasteiger partial charge on any atom is -0.465 e. The van der Waals surface area contributed by atoms with E-state index < -0.39 is 18.1 Å². The number of hydrogen-bond acceptors (Lipinski definition) is 6. The zero-order valence-corrected chi connectivity index (χ0v) is 23.7. The lowest BCUT2D eigenvalue weighted by molar-refractivity contribution is -0.156. The first-order chi connectivity index (χ1) is 18.5. The average Bonchev–Trinajstić information content (AvgIpc) is 3.52. The number of carbonyl (C=O) groups is 3. The van der Waals surface area contributed by atoms with Gasteiger partial charge in [-0.15, -0.1) is 0 Å². The van der Waals surface area contributed by atoms with E-state index in [1.54, 1.807) is 18.7 Å². The number of amides is 1. The summed E-state index contributed by atoms with van der Waals surface area (Å²) in [4.78, 5) is 41.4. The number of esters is 2. The van der Waals surface area contributed by atoms with Crippen molar-refractivity contribution in [2.45, 2.75) is 122 Å². The van der Waals surface area contributed by atoms with E-state index in [4.69, 9.17) is 9.47 Å². The van der Waals surface area contributed by atoms with Crippen molar-refractivity contribution in [3.63, 3.8) is 0 Å². The molecule has 1 aliphatic heterocycles. The van der Waals surface area contributed by atoms with Gasteiger partial charge >= 0.3 is 11.9 Å². The lowest BCUT2D eigenvalue weighted by Crippen LogP contribution is -2.55. The molecular formula is C31H48N2O5. The number of fused-ring (bicyclic) bond motifs is 1. The van der Waals surface area contributed by atoms with Crippen LogP contribution >= 0.6 is 0 Å². The fourth-order valence-corrected chi connectivity index (χ4v) is 6.03. The number of nitrogens with zero attached hydrogens (tertiary/aromatic N) is 1. The van der Waals surface area contributed by atoms with E-state index in [-0.39, 0.29) is 30.5 Å². The van der Waals surface area contributed by atoms with Crippen LogP contribution in [0.1, 0.15) is 97.0 Å². The van der Waals surface area contributed by atoms with Gasteiger partial charge < -0.3 is 14.4 Å². The maximum Gasteiger partial charge on any atom is 0.328 e. The van der Waals surface area contributed by atoms with Crippen molar-refractivity contribution in [3.8, 4) is 0 Å². The predicted molar refractivity (Wildman–Crippen MR) is 148 cm³/mol. The minimum atomic E-state index is -0.617. The van der Waals surface area contributed by atoms with Gasteiger partial charge in [0, 0.05) is 6.04 Å². The van der Waals surface area contributed by atoms with E-state index >= 15 is 0 Å². The Labute approximate surface area is 229 Å². The second-order valence-electron chi connectivity index (χ2n) is 10.9. The van der Waals surface area contributed by atoms with Crippen molar-refractivity contribution in [1.82, 2.24) is 10.2 Å². The Morgan fingerprint density at radius 3 is 2.47 bits per heavy atom. The van der Waals surface area contributed by atoms with Crippen LogP contribution in [0.25, 0.3) is 0 Å². The molecule has 1 heterocycles. The van der Waals surface area contributed by atoms with E-state index in [0.717, 1.165) is 37.7 Å². The summed E-state index contributed by atoms with van der Waals surface area (Å²) < 4.78 is 11.0. The van der Waals surface area contributed by atoms with Crippen LogP contribution in [0.5, 0.6) is 0 Å². The van der Waals surface area contributed by atoms with E-state index in [1.165, 1.54) is 25.7 Å². The monoisotopic (exact) mass is 528 g/mol. The zero-order valence-electron chi connectivity index (χ0n) is 23.7. The lowest BCUT2D eigenvalue weighted by Gasteiger charge is -2.32. The Bertz CT molecular complexity index is 876. The molecule has 2 aliphatic rings. The summed E-state index contributed by atoms with van der Waals surface area (Å²) in [6.07, 6.45) is 11.7. The van der Waals surface area contributed by atoms with Crippen molar-refractivity contribution in [1.29, 1.82) is 0 Å². The molecule has 1 aromatic rings. The van der Waals surface area contributed by atoms with Crippen LogP contribution in [0.2, 0.25) is 0 Å². The number of aryl methyl sites for hydroxylation is 1. The molecule has 1 amide bonds. The van der Waals surface area contributed by atoms with Gasteiger partial charge in [-0.05, 0) is 63.9 Å². The van der Waals surface area contributed by atoms with E-state index in [2.05, 4.69) is 12.2 Å². The Hall–Kier alpha value is -2.41. The topological polar surface area (TPSA) is 84.9 Å². The number of rotatable bonds is 16. The second kappa shape index (κ2) is 15.9. The van der Waals surface area contributed by atoms with Crippen LogP contribution < -0.4 is 5.32 Å². The first-order valence-electron chi connectivity index (χ1n) is 14.9. The van der Waals surface area contributed by atoms with Crippen LogP contribution in [0.4, 0.5) is 0 Å². The molecule has 0 aromatic heterocycles. The molecule has 3 rings (SSSR count). The number of ether oxygens (including phenoxy) is 2. The standard InChI is InChI=1S/C31H48N2O5/c1-4-6-7-8-9-13-21-38-31(36)28-22-25-17-14-18-27(25)33(28)29(34)23(3)32-26(30(35)37-5-2)20-19-24-15-11-10-12-16-24/h10-12,15-16,23,25-28,32H,4-9,13-14,17-22H2,1-3H3/t23-,25+,26+,27+,28+/m1/s1. The highest BCUT2D eigenvalue weighted by atomic mass is 16.5. The molecule has 0 unspecified atom stereocenters. The Morgan fingerprint density at radius 1 is 1.00 bits per heavy atom. The summed E-state index contributed by atoms with van der Waals surface area (Å²) in [7, 11) is 0. The number of nitrogens with one attached hydrogen (secondary N) is 1. The highest BCUT2D eigenvalue weighted by Crippen LogP contribution is 2.42. The smallest absolute Gasteiger partial charge is 0.328 e. The van der Waals surface area contributed by atoms with E-state index in [9.17, 15) is 14.4 Å². The van der Waals surface area contributed by atoms with Crippen LogP contribution in [0.15, 0.2) is 30.3 Å². The van der Waals surface area contributed by atoms with Crippen molar-refractivity contribution in [2.75, 3.05) is 13.2 Å². The number of likely N-dealkylation sites (tertiary alicyclic amines) is 1. The Morgan fingerprint density at radius 2 is 1.74 bits per heavy atom. The van der Waals surface area contributed by atoms with Crippen molar-refractivity contribution >= 4 is 17.8 Å². The molecule has 5 atom stereocenters. The maximum atomic E-state index is 13.8. The minimum absolute atomic E-state index is 0.0729. The van der Waals surface area contributed by atoms with Gasteiger partial charge in [0.1, 0.15) is 12.1 Å². The van der Waals surface area contributed by atoms with Gasteiger partial charge in [0.25, 0.3) is 0 Å². The molecule has 2 fully saturated rings. The van der Waals surface area contributed by atoms with Crippen LogP contribution in [0, 0.1) is 5.92 Å². The molecule has 1 saturated heterocycles. The quantitative estimate of drug-likeness (QED) is 0.234. The Kier molecular flexibility index (Phi) is 12.6. The highest BCUT2D eigenvalue weighted by Gasteiger charge is 2.50. The molecule has 1 aliphatic carbocycles. The first-order valence-corrected chi connectivity index (χ1v) is 14.9. The van der Waals surface area contributed by atoms with Crippen molar-refractivity contribution in [2.24, 2.45) is 5.92 Å². The number of carbonyl (C=O) groups excluding carboxylic acids is 3. The molecule has 1 saturated carbocycles. The molecular weight excluding hydrogens is 480 g/mol. The highest BCUT2D eigenvalue weighted by molar-refractivity contribution is 5.89. The van der Waals surface area contributed by atoms with Crippen LogP contribution in [0.3, 0.4) is 0 Å². The van der Waals surface area contributed by atoms with E-state index in [1.807, 2.05) is 30.3 Å². The third kappa shape index (κ3) is 8.55. The Balaban J connectivity index is 1.60. The molecule has 7 heteroatoms. The van der Waals surface area contributed by atoms with Gasteiger partial charge in [-0.25, -0.2) is 4.79 Å². The van der Waals surface area contributed by atoms with Gasteiger partial charge in [0.15, 0.2) is 0 Å². The summed E-state index contributed by atoms with van der Waals surface area (Å²) in [5, 5.41) is 3.25. The molecule has 1 aromatic carbocycles. The van der Waals surface area contributed by atoms with E-state index in [0.29, 0.717) is 31.8 Å². The molecule has 7 nitrogen and oxygen atoms in total. The molecule has 38 heavy (non-hydrogen) atoms. The normalized spacial score (nSPS) is 22.1. The molecule has 212 valence electrons. The van der Waals surface area contributed by atoms with Gasteiger partial charge in [0.2, 0.25) is 5.91 Å². The van der Waals surface area contributed by atoms with Crippen LogP contribution in [-0.2, 0) is 30.3 Å². The largest absolute Gasteiger partial charge is 0.465 e. The fourth-order valence-electron chi connectivity index (χ4n) is 6.03. The van der Waals surface area contributed by atoms with Crippen molar-refractivity contribution in [3.05, 3.63) is 35.9 Å². The summed E-state index contributed by atoms with van der Waals surface area (Å²) in [5.74, 6) is -0.413. The number of hydrogen-bond donors (Lipinski definition) is 1. The first kappa shape index (κ1) is 30.1. The molecule has 1 N–H and O–H groups in total. The SMILES string of the molecule is CCCCCCCCOC(=O)[C@@H]1C[C@@H]2CCC[C@@H]2N1C(=O)[C@@H](C)N[C@@H](CCc1ccccc1)C(=O)OCC. The summed E-state index contributed by atoms with van der Waals surface area (Å²) in [6, 6.07) is 8.30. The summed E-state index contributed by atoms with van der Waals surface area (Å²) in [5.41, 5.74) is 1.13. The third-order valence-corrected chi connectivity index (χ3v) is 8.06. The van der Waals surface area contributed by atoms with Gasteiger partial charge in [-0.1, -0.05) is 75.8 Å². The fraction of sp³-hybridized carbons (Fsp3) is 0.710. The predicted octanol–water partition coefficient (Wildman–Crippen LogP) is 5.20. The van der Waals surface area contributed by atoms with Crippen LogP contribution in [-0.4, -0.2) is 60.1 Å². The number of benzene rings is 1. The van der Waals surface area contributed by atoms with Gasteiger partial charge in [-0.3, -0.25) is 14.9 Å². The summed E-state index contributed by atoms with van der Waals surface area (Å²) >= 11 is 0. The summed E-state index contributed by atoms with van der Waals surface area (Å²) in [6.45, 7) is 6.47. The lowest BCUT2D eigenvalue weighted by atomic mass is 10.0. The third-order valence-electron chi connectivity index (χ3n) is 8.06.